The Kier molecular flexibility index (Phi) is 5.68. The van der Waals surface area contributed by atoms with Crippen LogP contribution in [0.5, 0.6) is 0 Å². The molecule has 2 amide bonds. The van der Waals surface area contributed by atoms with E-state index in [1.165, 1.54) is 23.5 Å². The van der Waals surface area contributed by atoms with E-state index in [1.54, 1.807) is 30.3 Å². The quantitative estimate of drug-likeness (QED) is 0.300. The molecule has 5 rings (SSSR count). The van der Waals surface area contributed by atoms with Crippen molar-refractivity contribution < 1.29 is 14.0 Å². The zero-order valence-electron chi connectivity index (χ0n) is 17.0. The minimum atomic E-state index is -0.374. The third-order valence-electron chi connectivity index (χ3n) is 4.97. The molecule has 0 spiro atoms. The van der Waals surface area contributed by atoms with Crippen LogP contribution in [0.2, 0.25) is 0 Å². The number of fused-ring (bicyclic) bond motifs is 1. The van der Waals surface area contributed by atoms with Crippen molar-refractivity contribution in [2.45, 2.75) is 0 Å². The monoisotopic (exact) mass is 473 g/mol. The summed E-state index contributed by atoms with van der Waals surface area (Å²) >= 11 is 2.47. The first kappa shape index (κ1) is 21.0. The number of hydrogen-bond acceptors (Lipinski definition) is 5. The number of aromatic nitrogens is 1. The van der Waals surface area contributed by atoms with Crippen molar-refractivity contribution in [3.05, 3.63) is 101 Å². The first-order valence-electron chi connectivity index (χ1n) is 9.99. The Balaban J connectivity index is 1.50. The van der Waals surface area contributed by atoms with Crippen molar-refractivity contribution in [2.24, 2.45) is 0 Å². The maximum Gasteiger partial charge on any atom is 0.267 e. The van der Waals surface area contributed by atoms with E-state index in [9.17, 15) is 14.0 Å². The summed E-state index contributed by atoms with van der Waals surface area (Å²) in [7, 11) is 0. The second-order valence-electron chi connectivity index (χ2n) is 7.12. The molecule has 0 aliphatic rings. The highest BCUT2D eigenvalue weighted by Gasteiger charge is 2.19. The molecule has 0 radical (unpaired) electrons. The molecule has 0 aliphatic heterocycles. The van der Waals surface area contributed by atoms with Gasteiger partial charge in [-0.15, -0.1) is 11.3 Å². The minimum absolute atomic E-state index is 0.281. The number of thiazole rings is 1. The Morgan fingerprint density at radius 1 is 0.818 bits per heavy atom. The van der Waals surface area contributed by atoms with Crippen LogP contribution in [0.3, 0.4) is 0 Å². The average Bonchev–Trinajstić information content (AvgIpc) is 3.50. The van der Waals surface area contributed by atoms with E-state index in [4.69, 9.17) is 0 Å². The van der Waals surface area contributed by atoms with E-state index in [0.29, 0.717) is 31.8 Å². The van der Waals surface area contributed by atoms with Crippen LogP contribution in [-0.2, 0) is 0 Å². The summed E-state index contributed by atoms with van der Waals surface area (Å²) in [5.41, 5.74) is 1.60. The number of carbonyl (C=O) groups is 2. The Morgan fingerprint density at radius 2 is 1.61 bits per heavy atom. The highest BCUT2D eigenvalue weighted by molar-refractivity contribution is 7.20. The molecule has 3 aromatic carbocycles. The summed E-state index contributed by atoms with van der Waals surface area (Å²) in [6.45, 7) is 0. The third-order valence-corrected chi connectivity index (χ3v) is 6.73. The molecule has 0 atom stereocenters. The normalized spacial score (nSPS) is 10.8. The molecule has 0 fully saturated rings. The van der Waals surface area contributed by atoms with Gasteiger partial charge in [0.25, 0.3) is 11.8 Å². The van der Waals surface area contributed by atoms with Crippen LogP contribution in [0.25, 0.3) is 22.0 Å². The van der Waals surface area contributed by atoms with Crippen molar-refractivity contribution >= 4 is 55.4 Å². The lowest BCUT2D eigenvalue weighted by Crippen LogP contribution is -2.12. The van der Waals surface area contributed by atoms with Crippen LogP contribution in [0.4, 0.5) is 14.5 Å². The molecule has 8 heteroatoms. The van der Waals surface area contributed by atoms with Crippen molar-refractivity contribution in [1.82, 2.24) is 4.98 Å². The zero-order valence-corrected chi connectivity index (χ0v) is 18.7. The van der Waals surface area contributed by atoms with Crippen molar-refractivity contribution in [2.75, 3.05) is 10.6 Å². The number of hydrogen-bond donors (Lipinski definition) is 2. The van der Waals surface area contributed by atoms with E-state index >= 15 is 0 Å². The molecule has 5 aromatic rings. The number of thiophene rings is 1. The van der Waals surface area contributed by atoms with E-state index in [2.05, 4.69) is 15.6 Å². The summed E-state index contributed by atoms with van der Waals surface area (Å²) in [4.78, 5) is 30.8. The number of amides is 2. The van der Waals surface area contributed by atoms with Gasteiger partial charge in [-0.1, -0.05) is 53.8 Å². The lowest BCUT2D eigenvalue weighted by Gasteiger charge is -2.08. The summed E-state index contributed by atoms with van der Waals surface area (Å²) in [5.74, 6) is -0.951. The van der Waals surface area contributed by atoms with Crippen molar-refractivity contribution in [1.29, 1.82) is 0 Å². The maximum atomic E-state index is 13.5. The Bertz CT molecular complexity index is 1460. The van der Waals surface area contributed by atoms with E-state index in [1.807, 2.05) is 41.8 Å². The van der Waals surface area contributed by atoms with Gasteiger partial charge in [-0.05, 0) is 52.6 Å². The summed E-state index contributed by atoms with van der Waals surface area (Å²) in [6.07, 6.45) is 0. The first-order valence-corrected chi connectivity index (χ1v) is 11.7. The van der Waals surface area contributed by atoms with Gasteiger partial charge in [0, 0.05) is 11.1 Å². The number of carbonyl (C=O) groups excluding carboxylic acids is 2. The molecule has 0 unspecified atom stereocenters. The topological polar surface area (TPSA) is 71.1 Å². The minimum Gasteiger partial charge on any atom is -0.312 e. The van der Waals surface area contributed by atoms with Gasteiger partial charge in [0.15, 0.2) is 5.13 Å². The van der Waals surface area contributed by atoms with Gasteiger partial charge in [-0.3, -0.25) is 14.9 Å². The summed E-state index contributed by atoms with van der Waals surface area (Å²) in [6, 6.07) is 22.5. The molecule has 0 aliphatic carbocycles. The van der Waals surface area contributed by atoms with Gasteiger partial charge in [0.05, 0.1) is 4.88 Å². The fourth-order valence-corrected chi connectivity index (χ4v) is 4.92. The number of halogens is 1. The van der Waals surface area contributed by atoms with E-state index in [0.717, 1.165) is 22.1 Å². The molecule has 2 heterocycles. The first-order chi connectivity index (χ1) is 16.1. The predicted molar refractivity (Wildman–Crippen MR) is 132 cm³/mol. The Hall–Kier alpha value is -3.88. The van der Waals surface area contributed by atoms with Crippen LogP contribution in [0.1, 0.15) is 20.0 Å². The predicted octanol–water partition coefficient (Wildman–Crippen LogP) is 6.67. The van der Waals surface area contributed by atoms with E-state index < -0.39 is 0 Å². The Morgan fingerprint density at radius 3 is 2.39 bits per heavy atom. The standard InChI is InChI=1S/C25H16FN3O2S2/c26-17-12-10-16(11-13-17)21-24(33-25(27-21)29-23(31)20-9-4-14-32-20)28-22(30)19-8-3-6-15-5-1-2-7-18(15)19/h1-14H,(H,28,30)(H,27,29,31). The summed E-state index contributed by atoms with van der Waals surface area (Å²) in [5, 5.41) is 10.1. The number of nitrogens with one attached hydrogen (secondary N) is 2. The molecule has 2 aromatic heterocycles. The summed E-state index contributed by atoms with van der Waals surface area (Å²) < 4.78 is 13.5. The smallest absolute Gasteiger partial charge is 0.267 e. The fourth-order valence-electron chi connectivity index (χ4n) is 3.42. The van der Waals surface area contributed by atoms with Crippen LogP contribution in [-0.4, -0.2) is 16.8 Å². The average molecular weight is 474 g/mol. The highest BCUT2D eigenvalue weighted by Crippen LogP contribution is 2.37. The second kappa shape index (κ2) is 8.93. The number of anilines is 2. The molecular formula is C25H16FN3O2S2. The lowest BCUT2D eigenvalue weighted by molar-refractivity contribution is 0.102. The number of benzene rings is 3. The van der Waals surface area contributed by atoms with Gasteiger partial charge in [0.2, 0.25) is 0 Å². The maximum absolute atomic E-state index is 13.5. The lowest BCUT2D eigenvalue weighted by atomic mass is 10.0. The van der Waals surface area contributed by atoms with Gasteiger partial charge >= 0.3 is 0 Å². The molecule has 162 valence electrons. The molecular weight excluding hydrogens is 457 g/mol. The van der Waals surface area contributed by atoms with Crippen LogP contribution in [0.15, 0.2) is 84.2 Å². The van der Waals surface area contributed by atoms with Crippen molar-refractivity contribution in [3.8, 4) is 11.3 Å². The van der Waals surface area contributed by atoms with Gasteiger partial charge in [-0.25, -0.2) is 9.37 Å². The zero-order chi connectivity index (χ0) is 22.8. The molecule has 5 nitrogen and oxygen atoms in total. The Labute approximate surface area is 196 Å². The van der Waals surface area contributed by atoms with Crippen LogP contribution in [0, 0.1) is 5.82 Å². The molecule has 0 saturated heterocycles. The van der Waals surface area contributed by atoms with Gasteiger partial charge < -0.3 is 5.32 Å². The van der Waals surface area contributed by atoms with Crippen LogP contribution >= 0.6 is 22.7 Å². The SMILES string of the molecule is O=C(Nc1nc(-c2ccc(F)cc2)c(NC(=O)c2cccc3ccccc23)s1)c1cccs1. The number of nitrogens with zero attached hydrogens (tertiary/aromatic N) is 1. The van der Waals surface area contributed by atoms with Crippen LogP contribution < -0.4 is 10.6 Å². The molecule has 0 bridgehead atoms. The highest BCUT2D eigenvalue weighted by atomic mass is 32.1. The molecule has 2 N–H and O–H groups in total. The largest absolute Gasteiger partial charge is 0.312 e. The molecule has 0 saturated carbocycles. The number of rotatable bonds is 5. The van der Waals surface area contributed by atoms with E-state index in [-0.39, 0.29) is 17.6 Å². The van der Waals surface area contributed by atoms with Gasteiger partial charge in [0.1, 0.15) is 16.5 Å². The van der Waals surface area contributed by atoms with Gasteiger partial charge in [-0.2, -0.15) is 0 Å². The second-order valence-corrected chi connectivity index (χ2v) is 9.06. The molecule has 33 heavy (non-hydrogen) atoms. The van der Waals surface area contributed by atoms with Crippen molar-refractivity contribution in [3.63, 3.8) is 0 Å². The third kappa shape index (κ3) is 4.39. The fraction of sp³-hybridized carbons (Fsp3) is 0.